The van der Waals surface area contributed by atoms with Gasteiger partial charge in [0.15, 0.2) is 0 Å². The van der Waals surface area contributed by atoms with E-state index in [-0.39, 0.29) is 23.4 Å². The summed E-state index contributed by atoms with van der Waals surface area (Å²) in [5.74, 6) is -2.38. The average Bonchev–Trinajstić information content (AvgIpc) is 3.11. The number of furan rings is 1. The van der Waals surface area contributed by atoms with Crippen LogP contribution < -0.4 is 10.4 Å². The number of carboxylic acid groups (broad SMARTS) is 1. The van der Waals surface area contributed by atoms with Gasteiger partial charge in [0.2, 0.25) is 0 Å². The lowest BCUT2D eigenvalue weighted by Gasteiger charge is -2.24. The maximum Gasteiger partial charge on any atom is 0.331 e. The van der Waals surface area contributed by atoms with E-state index < -0.39 is 23.8 Å². The molecule has 0 bridgehead atoms. The summed E-state index contributed by atoms with van der Waals surface area (Å²) in [4.78, 5) is 47.8. The quantitative estimate of drug-likeness (QED) is 0.479. The molecule has 136 valence electrons. The molecule has 0 atom stereocenters. The van der Waals surface area contributed by atoms with E-state index in [1.165, 1.54) is 36.4 Å². The molecule has 1 aromatic carbocycles. The zero-order valence-corrected chi connectivity index (χ0v) is 13.9. The Morgan fingerprint density at radius 3 is 2.70 bits per heavy atom. The van der Waals surface area contributed by atoms with Gasteiger partial charge in [-0.25, -0.2) is 4.79 Å². The van der Waals surface area contributed by atoms with Crippen LogP contribution in [-0.2, 0) is 9.59 Å². The molecule has 1 saturated heterocycles. The predicted octanol–water partition coefficient (Wildman–Crippen LogP) is 0.958. The normalized spacial score (nSPS) is 15.8. The van der Waals surface area contributed by atoms with E-state index in [0.29, 0.717) is 11.3 Å². The molecule has 3 rings (SSSR count). The number of hydrogen-bond acceptors (Lipinski definition) is 6. The molecule has 1 N–H and O–H groups in total. The second-order valence-corrected chi connectivity index (χ2v) is 5.59. The first-order chi connectivity index (χ1) is 12.9. The number of barbiturate groups is 1. The number of urea groups is 1. The van der Waals surface area contributed by atoms with Crippen molar-refractivity contribution in [1.29, 1.82) is 0 Å². The number of nitrogens with zero attached hydrogens (tertiary/aromatic N) is 1. The maximum absolute atomic E-state index is 12.4. The molecule has 8 heteroatoms. The van der Waals surface area contributed by atoms with Crippen molar-refractivity contribution in [3.05, 3.63) is 65.9 Å². The molecule has 0 spiro atoms. The van der Waals surface area contributed by atoms with Gasteiger partial charge < -0.3 is 14.3 Å². The Morgan fingerprint density at radius 2 is 2.00 bits per heavy atom. The molecule has 1 aromatic heterocycles. The summed E-state index contributed by atoms with van der Waals surface area (Å²) in [6, 6.07) is 8.22. The number of hydrogen-bond donors (Lipinski definition) is 1. The molecule has 4 amide bonds. The highest BCUT2D eigenvalue weighted by Gasteiger charge is 2.35. The molecule has 1 aliphatic heterocycles. The lowest BCUT2D eigenvalue weighted by atomic mass is 10.1. The Morgan fingerprint density at radius 1 is 1.22 bits per heavy atom. The Kier molecular flexibility index (Phi) is 4.71. The van der Waals surface area contributed by atoms with Crippen LogP contribution >= 0.6 is 0 Å². The van der Waals surface area contributed by atoms with Gasteiger partial charge in [0.25, 0.3) is 11.8 Å². The fourth-order valence-corrected chi connectivity index (χ4v) is 2.52. The van der Waals surface area contributed by atoms with Crippen LogP contribution in [0.3, 0.4) is 0 Å². The summed E-state index contributed by atoms with van der Waals surface area (Å²) >= 11 is 0. The van der Waals surface area contributed by atoms with E-state index in [2.05, 4.69) is 11.9 Å². The third-order valence-electron chi connectivity index (χ3n) is 3.79. The summed E-state index contributed by atoms with van der Waals surface area (Å²) in [5.41, 5.74) is 0.217. The minimum atomic E-state index is -1.32. The molecular formula is C19H13N2O6-. The van der Waals surface area contributed by atoms with Gasteiger partial charge in [-0.2, -0.15) is 0 Å². The lowest BCUT2D eigenvalue weighted by molar-refractivity contribution is -0.255. The molecule has 27 heavy (non-hydrogen) atoms. The number of amides is 4. The van der Waals surface area contributed by atoms with Gasteiger partial charge in [0.1, 0.15) is 17.1 Å². The highest BCUT2D eigenvalue weighted by atomic mass is 16.4. The van der Waals surface area contributed by atoms with E-state index >= 15 is 0 Å². The molecule has 8 nitrogen and oxygen atoms in total. The highest BCUT2D eigenvalue weighted by Crippen LogP contribution is 2.25. The van der Waals surface area contributed by atoms with Gasteiger partial charge in [-0.3, -0.25) is 19.8 Å². The number of benzene rings is 1. The molecule has 1 fully saturated rings. The Bertz CT molecular complexity index is 1000. The summed E-state index contributed by atoms with van der Waals surface area (Å²) in [6.07, 6.45) is 2.58. The largest absolute Gasteiger partial charge is 0.545 e. The van der Waals surface area contributed by atoms with Gasteiger partial charge in [-0.1, -0.05) is 24.3 Å². The van der Waals surface area contributed by atoms with E-state index in [1.54, 1.807) is 12.1 Å². The van der Waals surface area contributed by atoms with Gasteiger partial charge in [0, 0.05) is 12.1 Å². The number of carboxylic acids is 1. The highest BCUT2D eigenvalue weighted by molar-refractivity contribution is 6.30. The van der Waals surface area contributed by atoms with E-state index in [9.17, 15) is 24.3 Å². The third kappa shape index (κ3) is 3.54. The first-order valence-corrected chi connectivity index (χ1v) is 7.82. The van der Waals surface area contributed by atoms with Crippen molar-refractivity contribution in [2.45, 2.75) is 0 Å². The topological polar surface area (TPSA) is 120 Å². The van der Waals surface area contributed by atoms with Crippen molar-refractivity contribution in [3.8, 4) is 11.3 Å². The second kappa shape index (κ2) is 7.12. The standard InChI is InChI=1S/C19H14N2O6/c1-2-8-21-17(23)14(16(22)20-19(21)26)10-13-6-7-15(27-13)11-4-3-5-12(9-11)18(24)25/h2-7,9-10H,1,8H2,(H,24,25)(H,20,22,26)/p-1/b14-10-. The van der Waals surface area contributed by atoms with E-state index in [4.69, 9.17) is 4.42 Å². The summed E-state index contributed by atoms with van der Waals surface area (Å²) in [6.45, 7) is 3.42. The number of rotatable bonds is 5. The van der Waals surface area contributed by atoms with Gasteiger partial charge in [-0.15, -0.1) is 6.58 Å². The number of imide groups is 2. The smallest absolute Gasteiger partial charge is 0.331 e. The molecule has 1 aliphatic rings. The molecule has 0 unspecified atom stereocenters. The van der Waals surface area contributed by atoms with Crippen LogP contribution in [0.25, 0.3) is 17.4 Å². The van der Waals surface area contributed by atoms with Crippen molar-refractivity contribution in [2.75, 3.05) is 6.54 Å². The van der Waals surface area contributed by atoms with Crippen molar-refractivity contribution in [1.82, 2.24) is 10.2 Å². The van der Waals surface area contributed by atoms with E-state index in [0.717, 1.165) is 4.90 Å². The fourth-order valence-electron chi connectivity index (χ4n) is 2.52. The van der Waals surface area contributed by atoms with Crippen LogP contribution in [0.5, 0.6) is 0 Å². The van der Waals surface area contributed by atoms with Crippen molar-refractivity contribution in [2.24, 2.45) is 0 Å². The maximum atomic E-state index is 12.4. The zero-order valence-electron chi connectivity index (χ0n) is 13.9. The first kappa shape index (κ1) is 17.9. The van der Waals surface area contributed by atoms with Crippen LogP contribution in [0.15, 0.2) is 59.0 Å². The summed E-state index contributed by atoms with van der Waals surface area (Å²) < 4.78 is 5.58. The van der Waals surface area contributed by atoms with Gasteiger partial charge in [-0.05, 0) is 29.8 Å². The Balaban J connectivity index is 1.92. The second-order valence-electron chi connectivity index (χ2n) is 5.59. The van der Waals surface area contributed by atoms with Crippen molar-refractivity contribution >= 4 is 29.9 Å². The molecule has 0 aliphatic carbocycles. The number of carbonyl (C=O) groups is 4. The van der Waals surface area contributed by atoms with Crippen molar-refractivity contribution < 1.29 is 28.7 Å². The Hall–Kier alpha value is -3.94. The average molecular weight is 365 g/mol. The number of nitrogens with one attached hydrogen (secondary N) is 1. The predicted molar refractivity (Wildman–Crippen MR) is 91.9 cm³/mol. The molecule has 0 radical (unpaired) electrons. The number of aromatic carboxylic acids is 1. The van der Waals surface area contributed by atoms with Crippen LogP contribution in [0.2, 0.25) is 0 Å². The fraction of sp³-hybridized carbons (Fsp3) is 0.0526. The summed E-state index contributed by atoms with van der Waals surface area (Å²) in [5, 5.41) is 13.0. The first-order valence-electron chi connectivity index (χ1n) is 7.82. The SMILES string of the molecule is C=CCN1C(=O)NC(=O)/C(=C/c2ccc(-c3cccc(C(=O)[O-])c3)o2)C1=O. The molecule has 2 aromatic rings. The number of carbonyl (C=O) groups excluding carboxylic acids is 4. The van der Waals surface area contributed by atoms with Gasteiger partial charge in [0.05, 0.1) is 5.97 Å². The van der Waals surface area contributed by atoms with Crippen LogP contribution in [0.1, 0.15) is 16.1 Å². The van der Waals surface area contributed by atoms with Crippen molar-refractivity contribution in [3.63, 3.8) is 0 Å². The lowest BCUT2D eigenvalue weighted by Crippen LogP contribution is -2.54. The third-order valence-corrected chi connectivity index (χ3v) is 3.79. The minimum absolute atomic E-state index is 0.00998. The van der Waals surface area contributed by atoms with Crippen LogP contribution in [0, 0.1) is 0 Å². The summed E-state index contributed by atoms with van der Waals surface area (Å²) in [7, 11) is 0. The van der Waals surface area contributed by atoms with E-state index in [1.807, 2.05) is 0 Å². The van der Waals surface area contributed by atoms with Crippen LogP contribution in [-0.4, -0.2) is 35.3 Å². The van der Waals surface area contributed by atoms with Gasteiger partial charge >= 0.3 is 6.03 Å². The zero-order chi connectivity index (χ0) is 19.6. The monoisotopic (exact) mass is 365 g/mol. The molecule has 2 heterocycles. The van der Waals surface area contributed by atoms with Crippen LogP contribution in [0.4, 0.5) is 4.79 Å². The molecule has 0 saturated carbocycles. The molecular weight excluding hydrogens is 352 g/mol. The minimum Gasteiger partial charge on any atom is -0.545 e. The Labute approximate surface area is 153 Å².